The fraction of sp³-hybridized carbons (Fsp3) is 0.167. The highest BCUT2D eigenvalue weighted by Gasteiger charge is 2.21. The molecule has 3 nitrogen and oxygen atoms in total. The SMILES string of the molecule is C=Cc1c(-c2ccc(N(C)C(/C=C(/C3=CC=CCC3)c3ccccc3)=NCN)c(-c3ccccc3)c2C)ccc2c1C=CCC2. The molecule has 2 aliphatic carbocycles. The van der Waals surface area contributed by atoms with Crippen LogP contribution in [0.1, 0.15) is 47.1 Å². The van der Waals surface area contributed by atoms with Crippen LogP contribution in [0.4, 0.5) is 5.69 Å². The van der Waals surface area contributed by atoms with Crippen LogP contribution >= 0.6 is 0 Å². The Morgan fingerprint density at radius 1 is 0.889 bits per heavy atom. The molecule has 3 heteroatoms. The Morgan fingerprint density at radius 3 is 2.33 bits per heavy atom. The molecule has 2 aliphatic rings. The summed E-state index contributed by atoms with van der Waals surface area (Å²) < 4.78 is 0. The maximum absolute atomic E-state index is 6.12. The number of allylic oxidation sites excluding steroid dienone is 6. The van der Waals surface area contributed by atoms with Crippen LogP contribution in [0.15, 0.2) is 132 Å². The van der Waals surface area contributed by atoms with Crippen molar-refractivity contribution in [1.29, 1.82) is 0 Å². The van der Waals surface area contributed by atoms with Gasteiger partial charge in [0.15, 0.2) is 0 Å². The van der Waals surface area contributed by atoms with Crippen LogP contribution in [0.2, 0.25) is 0 Å². The molecular weight excluding hydrogens is 546 g/mol. The zero-order chi connectivity index (χ0) is 31.2. The molecule has 0 aromatic heterocycles. The molecule has 2 N–H and O–H groups in total. The first-order chi connectivity index (χ1) is 22.1. The van der Waals surface area contributed by atoms with Gasteiger partial charge in [0, 0.05) is 12.6 Å². The fourth-order valence-corrected chi connectivity index (χ4v) is 6.63. The van der Waals surface area contributed by atoms with Crippen LogP contribution < -0.4 is 10.6 Å². The summed E-state index contributed by atoms with van der Waals surface area (Å²) in [4.78, 5) is 7.05. The number of amidine groups is 1. The lowest BCUT2D eigenvalue weighted by molar-refractivity contribution is 0.985. The number of rotatable bonds is 8. The van der Waals surface area contributed by atoms with E-state index in [1.54, 1.807) is 0 Å². The van der Waals surface area contributed by atoms with Gasteiger partial charge in [0.05, 0.1) is 12.4 Å². The molecule has 0 atom stereocenters. The van der Waals surface area contributed by atoms with Gasteiger partial charge >= 0.3 is 0 Å². The van der Waals surface area contributed by atoms with Crippen LogP contribution in [-0.4, -0.2) is 19.6 Å². The number of aryl methyl sites for hydroxylation is 1. The summed E-state index contributed by atoms with van der Waals surface area (Å²) >= 11 is 0. The number of nitrogens with two attached hydrogens (primary N) is 1. The van der Waals surface area contributed by atoms with E-state index in [1.807, 2.05) is 6.08 Å². The molecule has 0 fully saturated rings. The van der Waals surface area contributed by atoms with E-state index in [1.165, 1.54) is 55.7 Å². The van der Waals surface area contributed by atoms with Crippen molar-refractivity contribution in [3.05, 3.63) is 155 Å². The number of aliphatic imine (C=N–C) groups is 1. The van der Waals surface area contributed by atoms with Gasteiger partial charge in [0.25, 0.3) is 0 Å². The molecule has 45 heavy (non-hydrogen) atoms. The number of fused-ring (bicyclic) bond motifs is 1. The first-order valence-corrected chi connectivity index (χ1v) is 15.9. The zero-order valence-electron chi connectivity index (χ0n) is 26.3. The van der Waals surface area contributed by atoms with Crippen molar-refractivity contribution in [2.45, 2.75) is 32.6 Å². The minimum atomic E-state index is 0.195. The van der Waals surface area contributed by atoms with E-state index in [-0.39, 0.29) is 6.67 Å². The fourth-order valence-electron chi connectivity index (χ4n) is 6.63. The first kappa shape index (κ1) is 30.1. The van der Waals surface area contributed by atoms with E-state index in [0.29, 0.717) is 0 Å². The van der Waals surface area contributed by atoms with Crippen molar-refractivity contribution < 1.29 is 0 Å². The highest BCUT2D eigenvalue weighted by Crippen LogP contribution is 2.42. The van der Waals surface area contributed by atoms with Crippen LogP contribution in [0.25, 0.3) is 40.0 Å². The summed E-state index contributed by atoms with van der Waals surface area (Å²) in [6.07, 6.45) is 19.5. The van der Waals surface area contributed by atoms with Gasteiger partial charge in [-0.2, -0.15) is 0 Å². The molecule has 0 saturated carbocycles. The Morgan fingerprint density at radius 2 is 1.62 bits per heavy atom. The molecule has 0 heterocycles. The Bertz CT molecular complexity index is 1850. The molecular formula is C42H41N3. The average molecular weight is 588 g/mol. The van der Waals surface area contributed by atoms with Gasteiger partial charge in [-0.15, -0.1) is 0 Å². The number of hydrogen-bond donors (Lipinski definition) is 1. The lowest BCUT2D eigenvalue weighted by Crippen LogP contribution is -2.27. The minimum absolute atomic E-state index is 0.195. The Kier molecular flexibility index (Phi) is 9.19. The maximum Gasteiger partial charge on any atom is 0.129 e. The Hall–Kier alpha value is -4.99. The third-order valence-electron chi connectivity index (χ3n) is 8.92. The quantitative estimate of drug-likeness (QED) is 0.165. The standard InChI is InChI=1S/C42H41N3/c1-4-35-37-23-15-14-20-33(37)24-25-38(35)36-26-27-40(42(30(36)2)34-21-12-7-13-22-34)45(3)41(44-29-43)28-39(31-16-8-5-9-17-31)32-18-10-6-11-19-32/h4-10,12-13,15-18,21-28H,1,11,14,19-20,29,43H2,2-3H3/b39-28+,44-41?. The lowest BCUT2D eigenvalue weighted by Gasteiger charge is -2.27. The van der Waals surface area contributed by atoms with Crippen LogP contribution in [0.3, 0.4) is 0 Å². The van der Waals surface area contributed by atoms with E-state index in [4.69, 9.17) is 10.7 Å². The van der Waals surface area contributed by atoms with E-state index < -0.39 is 0 Å². The normalized spacial score (nSPS) is 14.6. The van der Waals surface area contributed by atoms with Gasteiger partial charge in [0.1, 0.15) is 5.84 Å². The van der Waals surface area contributed by atoms with E-state index in [0.717, 1.165) is 42.8 Å². The molecule has 0 unspecified atom stereocenters. The van der Waals surface area contributed by atoms with Gasteiger partial charge in [-0.05, 0) is 100 Å². The second-order valence-corrected chi connectivity index (χ2v) is 11.6. The average Bonchev–Trinajstić information content (AvgIpc) is 3.10. The van der Waals surface area contributed by atoms with Crippen LogP contribution in [0.5, 0.6) is 0 Å². The van der Waals surface area contributed by atoms with Crippen molar-refractivity contribution in [3.8, 4) is 22.3 Å². The molecule has 224 valence electrons. The predicted molar refractivity (Wildman–Crippen MR) is 195 cm³/mol. The van der Waals surface area contributed by atoms with Crippen molar-refractivity contribution in [2.24, 2.45) is 10.7 Å². The molecule has 4 aromatic carbocycles. The number of likely N-dealkylation sites (N-methyl/N-ethyl adjacent to an activating group) is 1. The number of nitrogens with zero attached hydrogens (tertiary/aromatic N) is 2. The topological polar surface area (TPSA) is 41.6 Å². The van der Waals surface area contributed by atoms with E-state index in [9.17, 15) is 0 Å². The predicted octanol–water partition coefficient (Wildman–Crippen LogP) is 10.0. The van der Waals surface area contributed by atoms with Gasteiger partial charge in [-0.25, -0.2) is 0 Å². The third kappa shape index (κ3) is 6.18. The number of anilines is 1. The van der Waals surface area contributed by atoms with Gasteiger partial charge in [-0.1, -0.05) is 122 Å². The Balaban J connectivity index is 1.52. The molecule has 0 bridgehead atoms. The molecule has 6 rings (SSSR count). The van der Waals surface area contributed by atoms with E-state index >= 15 is 0 Å². The largest absolute Gasteiger partial charge is 0.329 e. The van der Waals surface area contributed by atoms with Crippen molar-refractivity contribution in [1.82, 2.24) is 0 Å². The van der Waals surface area contributed by atoms with Crippen molar-refractivity contribution in [3.63, 3.8) is 0 Å². The van der Waals surface area contributed by atoms with Crippen LogP contribution in [0, 0.1) is 6.92 Å². The number of hydrogen-bond acceptors (Lipinski definition) is 2. The summed E-state index contributed by atoms with van der Waals surface area (Å²) in [6.45, 7) is 6.66. The second-order valence-electron chi connectivity index (χ2n) is 11.6. The summed E-state index contributed by atoms with van der Waals surface area (Å²) in [5.41, 5.74) is 20.7. The van der Waals surface area contributed by atoms with Crippen molar-refractivity contribution in [2.75, 3.05) is 18.6 Å². The molecule has 0 amide bonds. The minimum Gasteiger partial charge on any atom is -0.329 e. The van der Waals surface area contributed by atoms with Crippen LogP contribution in [-0.2, 0) is 6.42 Å². The molecule has 0 aliphatic heterocycles. The molecule has 0 radical (unpaired) electrons. The zero-order valence-corrected chi connectivity index (χ0v) is 26.3. The molecule has 0 spiro atoms. The van der Waals surface area contributed by atoms with Gasteiger partial charge in [0.2, 0.25) is 0 Å². The highest BCUT2D eigenvalue weighted by atomic mass is 15.2. The van der Waals surface area contributed by atoms with Crippen molar-refractivity contribution >= 4 is 29.2 Å². The number of benzene rings is 4. The van der Waals surface area contributed by atoms with Gasteiger partial charge in [-0.3, -0.25) is 4.99 Å². The van der Waals surface area contributed by atoms with Gasteiger partial charge < -0.3 is 10.6 Å². The second kappa shape index (κ2) is 13.8. The Labute approximate surface area is 268 Å². The molecule has 0 saturated heterocycles. The highest BCUT2D eigenvalue weighted by molar-refractivity contribution is 6.13. The molecule has 4 aromatic rings. The van der Waals surface area contributed by atoms with E-state index in [2.05, 4.69) is 147 Å². The third-order valence-corrected chi connectivity index (χ3v) is 8.92. The summed E-state index contributed by atoms with van der Waals surface area (Å²) in [5.74, 6) is 0.821. The maximum atomic E-state index is 6.12. The summed E-state index contributed by atoms with van der Waals surface area (Å²) in [6, 6.07) is 30.3. The monoisotopic (exact) mass is 587 g/mol. The summed E-state index contributed by atoms with van der Waals surface area (Å²) in [7, 11) is 2.10. The first-order valence-electron chi connectivity index (χ1n) is 15.9. The smallest absolute Gasteiger partial charge is 0.129 e. The summed E-state index contributed by atoms with van der Waals surface area (Å²) in [5, 5.41) is 0. The lowest BCUT2D eigenvalue weighted by atomic mass is 9.84.